The van der Waals surface area contributed by atoms with Crippen LogP contribution in [0.2, 0.25) is 0 Å². The molecule has 106 valence electrons. The van der Waals surface area contributed by atoms with Crippen molar-refractivity contribution in [2.45, 2.75) is 12.5 Å². The van der Waals surface area contributed by atoms with E-state index >= 15 is 0 Å². The van der Waals surface area contributed by atoms with E-state index in [2.05, 4.69) is 15.7 Å². The number of methoxy groups -OCH3 is 1. The van der Waals surface area contributed by atoms with Crippen LogP contribution >= 0.6 is 0 Å². The first kappa shape index (κ1) is 15.0. The maximum atomic E-state index is 11.5. The van der Waals surface area contributed by atoms with Gasteiger partial charge in [0, 0.05) is 39.1 Å². The van der Waals surface area contributed by atoms with E-state index in [0.29, 0.717) is 25.1 Å². The summed E-state index contributed by atoms with van der Waals surface area (Å²) in [5.41, 5.74) is 0.419. The van der Waals surface area contributed by atoms with Crippen LogP contribution in [-0.2, 0) is 16.6 Å². The predicted molar refractivity (Wildman–Crippen MR) is 66.6 cm³/mol. The highest BCUT2D eigenvalue weighted by molar-refractivity contribution is 5.83. The predicted octanol–water partition coefficient (Wildman–Crippen LogP) is -0.118. The summed E-state index contributed by atoms with van der Waals surface area (Å²) in [4.78, 5) is 22.7. The lowest BCUT2D eigenvalue weighted by molar-refractivity contribution is -0.139. The van der Waals surface area contributed by atoms with E-state index in [4.69, 9.17) is 9.84 Å². The van der Waals surface area contributed by atoms with Crippen molar-refractivity contribution >= 4 is 12.0 Å². The van der Waals surface area contributed by atoms with Crippen LogP contribution in [0.25, 0.3) is 0 Å². The van der Waals surface area contributed by atoms with E-state index in [-0.39, 0.29) is 0 Å². The Kier molecular flexibility index (Phi) is 5.80. The molecular formula is C11H18N4O4. The summed E-state index contributed by atoms with van der Waals surface area (Å²) in [6.07, 6.45) is 3.61. The molecule has 0 bridgehead atoms. The van der Waals surface area contributed by atoms with Crippen molar-refractivity contribution in [1.82, 2.24) is 20.4 Å². The molecule has 1 heterocycles. The largest absolute Gasteiger partial charge is 0.479 e. The molecule has 1 atom stereocenters. The first-order chi connectivity index (χ1) is 9.04. The maximum absolute atomic E-state index is 11.5. The van der Waals surface area contributed by atoms with Crippen LogP contribution in [0.3, 0.4) is 0 Å². The molecular weight excluding hydrogens is 252 g/mol. The van der Waals surface area contributed by atoms with Crippen molar-refractivity contribution in [1.29, 1.82) is 0 Å². The van der Waals surface area contributed by atoms with Gasteiger partial charge in [-0.3, -0.25) is 4.68 Å². The fraction of sp³-hybridized carbons (Fsp3) is 0.545. The number of carbonyl (C=O) groups excluding carboxylic acids is 1. The van der Waals surface area contributed by atoms with Crippen LogP contribution in [0, 0.1) is 0 Å². The average molecular weight is 270 g/mol. The van der Waals surface area contributed by atoms with Gasteiger partial charge in [0.2, 0.25) is 0 Å². The van der Waals surface area contributed by atoms with Gasteiger partial charge in [-0.25, -0.2) is 9.59 Å². The highest BCUT2D eigenvalue weighted by Crippen LogP contribution is 2.11. The van der Waals surface area contributed by atoms with Gasteiger partial charge < -0.3 is 20.5 Å². The Balaban J connectivity index is 2.50. The molecule has 1 unspecified atom stereocenters. The van der Waals surface area contributed by atoms with E-state index in [0.717, 1.165) is 0 Å². The molecule has 0 spiro atoms. The second-order valence-corrected chi connectivity index (χ2v) is 3.97. The zero-order valence-corrected chi connectivity index (χ0v) is 10.9. The lowest BCUT2D eigenvalue weighted by Gasteiger charge is -2.13. The molecule has 0 saturated heterocycles. The number of nitrogens with zero attached hydrogens (tertiary/aromatic N) is 2. The number of nitrogens with one attached hydrogen (secondary N) is 2. The van der Waals surface area contributed by atoms with Crippen molar-refractivity contribution in [2.75, 3.05) is 20.3 Å². The number of urea groups is 1. The summed E-state index contributed by atoms with van der Waals surface area (Å²) >= 11 is 0. The molecule has 0 radical (unpaired) electrons. The minimum atomic E-state index is -1.14. The van der Waals surface area contributed by atoms with E-state index in [1.165, 1.54) is 10.9 Å². The highest BCUT2D eigenvalue weighted by Gasteiger charge is 2.23. The number of aromatic nitrogens is 2. The molecule has 0 aromatic carbocycles. The van der Waals surface area contributed by atoms with Crippen LogP contribution in [-0.4, -0.2) is 47.1 Å². The standard InChI is InChI=1S/C11H18N4O4/c1-15-7-8(6-13-15)9(10(16)17)14-11(18)12-4-3-5-19-2/h6-7,9H,3-5H2,1-2H3,(H,16,17)(H2,12,14,18). The number of carboxylic acids is 1. The van der Waals surface area contributed by atoms with Crippen molar-refractivity contribution in [2.24, 2.45) is 7.05 Å². The van der Waals surface area contributed by atoms with Gasteiger partial charge in [-0.2, -0.15) is 5.10 Å². The third-order valence-corrected chi connectivity index (χ3v) is 2.39. The molecule has 0 aliphatic carbocycles. The molecule has 0 aliphatic rings. The van der Waals surface area contributed by atoms with Gasteiger partial charge in [-0.1, -0.05) is 0 Å². The van der Waals surface area contributed by atoms with Crippen LogP contribution in [0.15, 0.2) is 12.4 Å². The number of rotatable bonds is 7. The molecule has 19 heavy (non-hydrogen) atoms. The van der Waals surface area contributed by atoms with Gasteiger partial charge in [-0.15, -0.1) is 0 Å². The van der Waals surface area contributed by atoms with E-state index in [9.17, 15) is 9.59 Å². The molecule has 2 amide bonds. The Hall–Kier alpha value is -2.09. The van der Waals surface area contributed by atoms with Crippen LogP contribution in [0.1, 0.15) is 18.0 Å². The fourth-order valence-electron chi connectivity index (χ4n) is 1.48. The van der Waals surface area contributed by atoms with Crippen LogP contribution in [0.4, 0.5) is 4.79 Å². The molecule has 1 aromatic heterocycles. The smallest absolute Gasteiger partial charge is 0.331 e. The summed E-state index contributed by atoms with van der Waals surface area (Å²) in [5.74, 6) is -1.14. The zero-order chi connectivity index (χ0) is 14.3. The number of amides is 2. The lowest BCUT2D eigenvalue weighted by atomic mass is 10.1. The Labute approximate surface area is 110 Å². The van der Waals surface area contributed by atoms with Crippen molar-refractivity contribution < 1.29 is 19.4 Å². The third-order valence-electron chi connectivity index (χ3n) is 2.39. The second-order valence-electron chi connectivity index (χ2n) is 3.97. The summed E-state index contributed by atoms with van der Waals surface area (Å²) in [5, 5.41) is 17.9. The fourth-order valence-corrected chi connectivity index (χ4v) is 1.48. The summed E-state index contributed by atoms with van der Waals surface area (Å²) in [6.45, 7) is 0.949. The minimum Gasteiger partial charge on any atom is -0.479 e. The number of hydrogen-bond donors (Lipinski definition) is 3. The summed E-state index contributed by atoms with van der Waals surface area (Å²) in [6, 6.07) is -1.65. The Bertz CT molecular complexity index is 432. The molecule has 8 nitrogen and oxygen atoms in total. The third kappa shape index (κ3) is 4.96. The number of carbonyl (C=O) groups is 2. The number of hydrogen-bond acceptors (Lipinski definition) is 4. The van der Waals surface area contributed by atoms with Crippen molar-refractivity contribution in [3.63, 3.8) is 0 Å². The first-order valence-corrected chi connectivity index (χ1v) is 5.79. The van der Waals surface area contributed by atoms with Crippen LogP contribution < -0.4 is 10.6 Å². The molecule has 0 aliphatic heterocycles. The Morgan fingerprint density at radius 1 is 1.58 bits per heavy atom. The van der Waals surface area contributed by atoms with Gasteiger partial charge in [0.15, 0.2) is 6.04 Å². The lowest BCUT2D eigenvalue weighted by Crippen LogP contribution is -2.41. The number of ether oxygens (including phenoxy) is 1. The van der Waals surface area contributed by atoms with Gasteiger partial charge in [0.1, 0.15) is 0 Å². The van der Waals surface area contributed by atoms with E-state index in [1.54, 1.807) is 20.4 Å². The van der Waals surface area contributed by atoms with Gasteiger partial charge in [0.25, 0.3) is 0 Å². The molecule has 3 N–H and O–H groups in total. The van der Waals surface area contributed by atoms with Gasteiger partial charge >= 0.3 is 12.0 Å². The highest BCUT2D eigenvalue weighted by atomic mass is 16.5. The van der Waals surface area contributed by atoms with Crippen LogP contribution in [0.5, 0.6) is 0 Å². The topological polar surface area (TPSA) is 105 Å². The summed E-state index contributed by atoms with van der Waals surface area (Å²) < 4.78 is 6.31. The number of carboxylic acid groups (broad SMARTS) is 1. The minimum absolute atomic E-state index is 0.416. The van der Waals surface area contributed by atoms with E-state index < -0.39 is 18.0 Å². The van der Waals surface area contributed by atoms with Gasteiger partial charge in [0.05, 0.1) is 6.20 Å². The number of aryl methyl sites for hydroxylation is 1. The summed E-state index contributed by atoms with van der Waals surface area (Å²) in [7, 11) is 3.25. The van der Waals surface area contributed by atoms with Gasteiger partial charge in [-0.05, 0) is 6.42 Å². The average Bonchev–Trinajstić information content (AvgIpc) is 2.78. The Morgan fingerprint density at radius 3 is 2.84 bits per heavy atom. The molecule has 0 fully saturated rings. The Morgan fingerprint density at radius 2 is 2.32 bits per heavy atom. The first-order valence-electron chi connectivity index (χ1n) is 5.79. The normalized spacial score (nSPS) is 11.9. The number of aliphatic carboxylic acids is 1. The SMILES string of the molecule is COCCCNC(=O)NC(C(=O)O)c1cnn(C)c1. The quantitative estimate of drug-likeness (QED) is 0.599. The van der Waals surface area contributed by atoms with E-state index in [1.807, 2.05) is 0 Å². The molecule has 0 saturated carbocycles. The van der Waals surface area contributed by atoms with Crippen molar-refractivity contribution in [3.8, 4) is 0 Å². The second kappa shape index (κ2) is 7.37. The zero-order valence-electron chi connectivity index (χ0n) is 10.9. The monoisotopic (exact) mass is 270 g/mol. The maximum Gasteiger partial charge on any atom is 0.331 e. The molecule has 8 heteroatoms. The molecule has 1 aromatic rings. The molecule has 1 rings (SSSR count). The van der Waals surface area contributed by atoms with Crippen molar-refractivity contribution in [3.05, 3.63) is 18.0 Å².